The van der Waals surface area contributed by atoms with Gasteiger partial charge in [0, 0.05) is 37.0 Å². The van der Waals surface area contributed by atoms with Gasteiger partial charge < -0.3 is 34.7 Å². The molecule has 5 heterocycles. The van der Waals surface area contributed by atoms with Gasteiger partial charge in [-0.1, -0.05) is 12.6 Å². The zero-order chi connectivity index (χ0) is 27.1. The van der Waals surface area contributed by atoms with Crippen LogP contribution in [0.25, 0.3) is 11.3 Å². The molecule has 11 heteroatoms. The minimum Gasteiger partial charge on any atom is -0.492 e. The average Bonchev–Trinajstić information content (AvgIpc) is 3.27. The molecular weight excluding hydrogens is 505 g/mol. The third kappa shape index (κ3) is 4.09. The van der Waals surface area contributed by atoms with Gasteiger partial charge in [0.05, 0.1) is 60.6 Å². The second-order valence-corrected chi connectivity index (χ2v) is 9.90. The van der Waals surface area contributed by atoms with E-state index in [4.69, 9.17) is 14.2 Å². The molecule has 39 heavy (non-hydrogen) atoms. The quantitative estimate of drug-likeness (QED) is 0.381. The predicted molar refractivity (Wildman–Crippen MR) is 141 cm³/mol. The molecular formula is C28H28FN5O5. The van der Waals surface area contributed by atoms with Gasteiger partial charge in [-0.15, -0.1) is 0 Å². The van der Waals surface area contributed by atoms with E-state index in [1.54, 1.807) is 35.5 Å². The van der Waals surface area contributed by atoms with Crippen LogP contribution in [0.15, 0.2) is 49.3 Å². The van der Waals surface area contributed by atoms with E-state index in [0.29, 0.717) is 66.7 Å². The van der Waals surface area contributed by atoms with E-state index in [2.05, 4.69) is 27.2 Å². The number of carbonyl (C=O) groups is 2. The van der Waals surface area contributed by atoms with Gasteiger partial charge in [0.1, 0.15) is 12.4 Å². The number of aromatic amines is 1. The van der Waals surface area contributed by atoms with Gasteiger partial charge in [-0.3, -0.25) is 14.6 Å². The van der Waals surface area contributed by atoms with Crippen LogP contribution in [0.2, 0.25) is 0 Å². The second-order valence-electron chi connectivity index (χ2n) is 9.90. The summed E-state index contributed by atoms with van der Waals surface area (Å²) < 4.78 is 31.5. The molecule has 3 aliphatic rings. The zero-order valence-corrected chi connectivity index (χ0v) is 21.4. The minimum absolute atomic E-state index is 0.0331. The van der Waals surface area contributed by atoms with Crippen LogP contribution in [-0.2, 0) is 16.0 Å². The normalized spacial score (nSPS) is 18.9. The standard InChI is InChI=1S/C28H28FN5O5/c1-3-22(35)34-13-28(14-38-15-28)21(34)12-39-20-11-30-9-7-16(20)24-25(23-18(32-24)8-10-31-27(23)36)33-19-6-4-5-17(29)26(19)37-2/h3-7,9,11,21,32-33H,1,8,10,12-15H2,2H3,(H,31,36)/t21-/m0/s1. The number of hydrogen-bond donors (Lipinski definition) is 3. The summed E-state index contributed by atoms with van der Waals surface area (Å²) in [6, 6.07) is 6.17. The Morgan fingerprint density at radius 3 is 2.97 bits per heavy atom. The Morgan fingerprint density at radius 2 is 2.23 bits per heavy atom. The predicted octanol–water partition coefficient (Wildman–Crippen LogP) is 3.05. The summed E-state index contributed by atoms with van der Waals surface area (Å²) in [5.74, 6) is -0.414. The molecule has 2 fully saturated rings. The van der Waals surface area contributed by atoms with Gasteiger partial charge >= 0.3 is 0 Å². The van der Waals surface area contributed by atoms with Gasteiger partial charge in [0.15, 0.2) is 11.6 Å². The molecule has 1 atom stereocenters. The number of pyridine rings is 1. The van der Waals surface area contributed by atoms with E-state index >= 15 is 0 Å². The SMILES string of the molecule is C=CC(=O)N1CC2(COC2)[C@@H]1COc1cnccc1-c1[nH]c2c(c1Nc1cccc(F)c1OC)C(=O)NCC2. The molecule has 10 nitrogen and oxygen atoms in total. The monoisotopic (exact) mass is 533 g/mol. The van der Waals surface area contributed by atoms with Crippen molar-refractivity contribution < 1.29 is 28.2 Å². The van der Waals surface area contributed by atoms with Crippen molar-refractivity contribution in [2.45, 2.75) is 12.5 Å². The van der Waals surface area contributed by atoms with Gasteiger partial charge in [-0.2, -0.15) is 0 Å². The van der Waals surface area contributed by atoms with E-state index in [1.165, 1.54) is 19.3 Å². The third-order valence-corrected chi connectivity index (χ3v) is 7.65. The highest BCUT2D eigenvalue weighted by atomic mass is 19.1. The first-order valence-electron chi connectivity index (χ1n) is 12.7. The van der Waals surface area contributed by atoms with Crippen LogP contribution in [0.4, 0.5) is 15.8 Å². The highest BCUT2D eigenvalue weighted by molar-refractivity contribution is 6.06. The Bertz CT molecular complexity index is 1470. The van der Waals surface area contributed by atoms with Crippen molar-refractivity contribution in [1.29, 1.82) is 0 Å². The number of carbonyl (C=O) groups excluding carboxylic acids is 2. The number of H-pyrrole nitrogens is 1. The van der Waals surface area contributed by atoms with Crippen LogP contribution in [0, 0.1) is 11.2 Å². The highest BCUT2D eigenvalue weighted by Crippen LogP contribution is 2.46. The average molecular weight is 534 g/mol. The lowest BCUT2D eigenvalue weighted by Crippen LogP contribution is -2.75. The summed E-state index contributed by atoms with van der Waals surface area (Å²) in [5.41, 5.74) is 3.17. The Balaban J connectivity index is 1.37. The maximum absolute atomic E-state index is 14.5. The number of aromatic nitrogens is 2. The fourth-order valence-electron chi connectivity index (χ4n) is 5.56. The number of anilines is 2. The van der Waals surface area contributed by atoms with Crippen molar-refractivity contribution in [2.24, 2.45) is 5.41 Å². The topological polar surface area (TPSA) is 118 Å². The first kappa shape index (κ1) is 24.9. The van der Waals surface area contributed by atoms with E-state index in [-0.39, 0.29) is 35.6 Å². The van der Waals surface area contributed by atoms with Crippen LogP contribution in [0.1, 0.15) is 16.1 Å². The lowest BCUT2D eigenvalue weighted by molar-refractivity contribution is -0.229. The van der Waals surface area contributed by atoms with E-state index < -0.39 is 5.82 Å². The molecule has 3 N–H and O–H groups in total. The lowest BCUT2D eigenvalue weighted by atomic mass is 9.70. The summed E-state index contributed by atoms with van der Waals surface area (Å²) in [5, 5.41) is 6.11. The molecule has 2 saturated heterocycles. The van der Waals surface area contributed by atoms with Crippen LogP contribution in [0.5, 0.6) is 11.5 Å². The van der Waals surface area contributed by atoms with Crippen molar-refractivity contribution in [3.05, 3.63) is 66.4 Å². The number of nitrogens with one attached hydrogen (secondary N) is 3. The summed E-state index contributed by atoms with van der Waals surface area (Å²) in [4.78, 5) is 34.7. The first-order chi connectivity index (χ1) is 19.0. The van der Waals surface area contributed by atoms with Gasteiger partial charge in [0.2, 0.25) is 5.91 Å². The number of ether oxygens (including phenoxy) is 3. The minimum atomic E-state index is -0.529. The molecule has 3 aromatic rings. The van der Waals surface area contributed by atoms with Crippen molar-refractivity contribution in [1.82, 2.24) is 20.2 Å². The number of halogens is 1. The molecule has 0 bridgehead atoms. The Labute approximate surface area is 224 Å². The van der Waals surface area contributed by atoms with Crippen LogP contribution >= 0.6 is 0 Å². The van der Waals surface area contributed by atoms with Crippen molar-refractivity contribution in [3.8, 4) is 22.8 Å². The van der Waals surface area contributed by atoms with Gasteiger partial charge in [-0.25, -0.2) is 4.39 Å². The number of nitrogens with zero attached hydrogens (tertiary/aromatic N) is 2. The maximum Gasteiger partial charge on any atom is 0.255 e. The number of fused-ring (bicyclic) bond motifs is 1. The smallest absolute Gasteiger partial charge is 0.255 e. The zero-order valence-electron chi connectivity index (χ0n) is 21.4. The molecule has 0 radical (unpaired) electrons. The second kappa shape index (κ2) is 9.73. The molecule has 1 spiro atoms. The number of para-hydroxylation sites is 1. The van der Waals surface area contributed by atoms with Crippen molar-refractivity contribution >= 4 is 23.2 Å². The number of methoxy groups -OCH3 is 1. The van der Waals surface area contributed by atoms with Crippen molar-refractivity contribution in [2.75, 3.05) is 45.3 Å². The molecule has 6 rings (SSSR count). The molecule has 2 amide bonds. The molecule has 0 unspecified atom stereocenters. The van der Waals surface area contributed by atoms with Gasteiger partial charge in [0.25, 0.3) is 5.91 Å². The number of benzene rings is 1. The number of rotatable bonds is 8. The molecule has 0 aliphatic carbocycles. The molecule has 202 valence electrons. The highest BCUT2D eigenvalue weighted by Gasteiger charge is 2.59. The molecule has 1 aromatic carbocycles. The van der Waals surface area contributed by atoms with Crippen LogP contribution in [-0.4, -0.2) is 72.7 Å². The van der Waals surface area contributed by atoms with E-state index in [1.807, 2.05) is 0 Å². The molecule has 3 aliphatic heterocycles. The third-order valence-electron chi connectivity index (χ3n) is 7.65. The van der Waals surface area contributed by atoms with Crippen LogP contribution < -0.4 is 20.1 Å². The Kier molecular flexibility index (Phi) is 6.22. The Hall–Kier alpha value is -4.38. The maximum atomic E-state index is 14.5. The molecule has 2 aromatic heterocycles. The lowest BCUT2D eigenvalue weighted by Gasteiger charge is -2.60. The fraction of sp³-hybridized carbons (Fsp3) is 0.321. The van der Waals surface area contributed by atoms with Gasteiger partial charge in [-0.05, 0) is 24.3 Å². The summed E-state index contributed by atoms with van der Waals surface area (Å²) >= 11 is 0. The summed E-state index contributed by atoms with van der Waals surface area (Å²) in [7, 11) is 1.39. The summed E-state index contributed by atoms with van der Waals surface area (Å²) in [6.07, 6.45) is 5.14. The fourth-order valence-corrected chi connectivity index (χ4v) is 5.56. The van der Waals surface area contributed by atoms with E-state index in [9.17, 15) is 14.0 Å². The Morgan fingerprint density at radius 1 is 1.38 bits per heavy atom. The number of likely N-dealkylation sites (tertiary alicyclic amines) is 1. The van der Waals surface area contributed by atoms with Crippen LogP contribution in [0.3, 0.4) is 0 Å². The largest absolute Gasteiger partial charge is 0.492 e. The first-order valence-corrected chi connectivity index (χ1v) is 12.7. The number of amides is 2. The summed E-state index contributed by atoms with van der Waals surface area (Å²) in [6.45, 7) is 6.10. The van der Waals surface area contributed by atoms with E-state index in [0.717, 1.165) is 5.69 Å². The number of hydrogen-bond acceptors (Lipinski definition) is 7. The molecule has 0 saturated carbocycles. The van der Waals surface area contributed by atoms with Crippen molar-refractivity contribution in [3.63, 3.8) is 0 Å².